The van der Waals surface area contributed by atoms with E-state index in [0.29, 0.717) is 23.8 Å². The van der Waals surface area contributed by atoms with Gasteiger partial charge in [-0.3, -0.25) is 0 Å². The van der Waals surface area contributed by atoms with Crippen molar-refractivity contribution in [2.75, 3.05) is 13.6 Å². The fourth-order valence-electron chi connectivity index (χ4n) is 1.46. The maximum atomic E-state index is 12.2. The highest BCUT2D eigenvalue weighted by molar-refractivity contribution is 7.91. The molecule has 0 spiro atoms. The molecular formula is C12H19N3O2S2. The fraction of sp³-hybridized carbons (Fsp3) is 0.583. The molecule has 0 saturated carbocycles. The number of sulfonamides is 1. The largest absolute Gasteiger partial charge is 0.327 e. The van der Waals surface area contributed by atoms with Crippen molar-refractivity contribution in [3.05, 3.63) is 17.0 Å². The van der Waals surface area contributed by atoms with Crippen molar-refractivity contribution >= 4 is 21.4 Å². The molecule has 1 atom stereocenters. The van der Waals surface area contributed by atoms with Gasteiger partial charge in [0.25, 0.3) is 10.0 Å². The van der Waals surface area contributed by atoms with Gasteiger partial charge in [0, 0.05) is 19.6 Å². The Hall–Kier alpha value is -0.940. The van der Waals surface area contributed by atoms with Crippen LogP contribution in [-0.4, -0.2) is 32.4 Å². The van der Waals surface area contributed by atoms with Crippen molar-refractivity contribution in [2.24, 2.45) is 11.7 Å². The number of nitrogens with zero attached hydrogens (tertiary/aromatic N) is 2. The minimum absolute atomic E-state index is 0.0179. The fourth-order valence-corrected chi connectivity index (χ4v) is 3.96. The molecule has 0 aliphatic carbocycles. The standard InChI is InChI=1S/C12H19N3O2S2/c1-9(2)11(14)6-7-15(3)19(16,17)12-5-4-10(8-13)18-12/h4-5,9,11H,6-7,14H2,1-3H3. The van der Waals surface area contributed by atoms with Gasteiger partial charge in [-0.05, 0) is 24.5 Å². The van der Waals surface area contributed by atoms with Gasteiger partial charge < -0.3 is 5.73 Å². The summed E-state index contributed by atoms with van der Waals surface area (Å²) in [6.07, 6.45) is 0.615. The predicted molar refractivity (Wildman–Crippen MR) is 76.3 cm³/mol. The number of rotatable bonds is 6. The van der Waals surface area contributed by atoms with Crippen LogP contribution >= 0.6 is 11.3 Å². The van der Waals surface area contributed by atoms with E-state index in [4.69, 9.17) is 11.0 Å². The van der Waals surface area contributed by atoms with Gasteiger partial charge in [-0.25, -0.2) is 12.7 Å². The van der Waals surface area contributed by atoms with Gasteiger partial charge in [0.05, 0.1) is 0 Å². The molecule has 0 amide bonds. The van der Waals surface area contributed by atoms with Crippen LogP contribution in [0.4, 0.5) is 0 Å². The first-order chi connectivity index (χ1) is 8.78. The summed E-state index contributed by atoms with van der Waals surface area (Å²) >= 11 is 0.987. The zero-order valence-corrected chi connectivity index (χ0v) is 13.0. The number of nitrogens with two attached hydrogens (primary N) is 1. The summed E-state index contributed by atoms with van der Waals surface area (Å²) in [6, 6.07) is 4.91. The molecule has 5 nitrogen and oxygen atoms in total. The Kier molecular flexibility index (Phi) is 5.50. The van der Waals surface area contributed by atoms with Crippen LogP contribution in [0.25, 0.3) is 0 Å². The summed E-state index contributed by atoms with van der Waals surface area (Å²) in [7, 11) is -1.97. The second kappa shape index (κ2) is 6.48. The van der Waals surface area contributed by atoms with E-state index in [1.807, 2.05) is 19.9 Å². The lowest BCUT2D eigenvalue weighted by Gasteiger charge is -2.20. The highest BCUT2D eigenvalue weighted by Gasteiger charge is 2.23. The molecule has 2 N–H and O–H groups in total. The van der Waals surface area contributed by atoms with Crippen molar-refractivity contribution in [1.82, 2.24) is 4.31 Å². The van der Waals surface area contributed by atoms with Crippen molar-refractivity contribution in [3.63, 3.8) is 0 Å². The van der Waals surface area contributed by atoms with Gasteiger partial charge in [0.2, 0.25) is 0 Å². The average Bonchev–Trinajstić information content (AvgIpc) is 2.84. The quantitative estimate of drug-likeness (QED) is 0.864. The second-order valence-electron chi connectivity index (χ2n) is 4.75. The van der Waals surface area contributed by atoms with Crippen LogP contribution in [0.3, 0.4) is 0 Å². The summed E-state index contributed by atoms with van der Waals surface area (Å²) in [4.78, 5) is 0.394. The maximum absolute atomic E-state index is 12.2. The Morgan fingerprint density at radius 1 is 1.47 bits per heavy atom. The zero-order valence-electron chi connectivity index (χ0n) is 11.3. The van der Waals surface area contributed by atoms with E-state index in [0.717, 1.165) is 11.3 Å². The van der Waals surface area contributed by atoms with Crippen molar-refractivity contribution in [3.8, 4) is 6.07 Å². The third-order valence-corrected chi connectivity index (χ3v) is 6.30. The lowest BCUT2D eigenvalue weighted by molar-refractivity contribution is 0.398. The Morgan fingerprint density at radius 2 is 2.11 bits per heavy atom. The number of nitriles is 1. The zero-order chi connectivity index (χ0) is 14.6. The third kappa shape index (κ3) is 4.01. The normalized spacial score (nSPS) is 13.7. The maximum Gasteiger partial charge on any atom is 0.252 e. The Bertz CT molecular complexity index is 558. The van der Waals surface area contributed by atoms with Gasteiger partial charge in [0.1, 0.15) is 15.2 Å². The van der Waals surface area contributed by atoms with E-state index < -0.39 is 10.0 Å². The second-order valence-corrected chi connectivity index (χ2v) is 8.11. The molecule has 0 fully saturated rings. The molecule has 1 aromatic rings. The summed E-state index contributed by atoms with van der Waals surface area (Å²) in [5.41, 5.74) is 5.91. The first-order valence-electron chi connectivity index (χ1n) is 6.01. The molecule has 1 unspecified atom stereocenters. The Morgan fingerprint density at radius 3 is 2.58 bits per heavy atom. The van der Waals surface area contributed by atoms with Crippen LogP contribution in [0.15, 0.2) is 16.3 Å². The van der Waals surface area contributed by atoms with E-state index in [2.05, 4.69) is 0 Å². The molecule has 1 rings (SSSR count). The van der Waals surface area contributed by atoms with Crippen molar-refractivity contribution < 1.29 is 8.42 Å². The summed E-state index contributed by atoms with van der Waals surface area (Å²) in [5.74, 6) is 0.322. The van der Waals surface area contributed by atoms with Crippen molar-refractivity contribution in [2.45, 2.75) is 30.5 Å². The molecule has 0 bridgehead atoms. The van der Waals surface area contributed by atoms with E-state index >= 15 is 0 Å². The summed E-state index contributed by atoms with van der Waals surface area (Å²) in [5, 5.41) is 8.73. The van der Waals surface area contributed by atoms with Crippen molar-refractivity contribution in [1.29, 1.82) is 5.26 Å². The molecule has 0 radical (unpaired) electrons. The highest BCUT2D eigenvalue weighted by atomic mass is 32.2. The van der Waals surface area contributed by atoms with Gasteiger partial charge in [-0.2, -0.15) is 5.26 Å². The first-order valence-corrected chi connectivity index (χ1v) is 8.26. The summed E-state index contributed by atoms with van der Waals surface area (Å²) < 4.78 is 26.0. The van der Waals surface area contributed by atoms with Crippen LogP contribution in [0.2, 0.25) is 0 Å². The molecule has 0 aliphatic rings. The van der Waals surface area contributed by atoms with Gasteiger partial charge in [0.15, 0.2) is 0 Å². The molecule has 19 heavy (non-hydrogen) atoms. The topological polar surface area (TPSA) is 87.2 Å². The molecule has 7 heteroatoms. The minimum atomic E-state index is -3.50. The molecule has 0 aromatic carbocycles. The van der Waals surface area contributed by atoms with Gasteiger partial charge >= 0.3 is 0 Å². The van der Waals surface area contributed by atoms with E-state index in [1.54, 1.807) is 0 Å². The molecular weight excluding hydrogens is 282 g/mol. The van der Waals surface area contributed by atoms with Crippen LogP contribution in [0, 0.1) is 17.2 Å². The predicted octanol–water partition coefficient (Wildman–Crippen LogP) is 1.61. The molecule has 1 aromatic heterocycles. The molecule has 1 heterocycles. The molecule has 0 aliphatic heterocycles. The Balaban J connectivity index is 2.75. The highest BCUT2D eigenvalue weighted by Crippen LogP contribution is 2.24. The summed E-state index contributed by atoms with van der Waals surface area (Å²) in [6.45, 7) is 4.40. The lowest BCUT2D eigenvalue weighted by Crippen LogP contribution is -2.34. The average molecular weight is 301 g/mol. The van der Waals surface area contributed by atoms with Gasteiger partial charge in [-0.1, -0.05) is 13.8 Å². The number of thiophene rings is 1. The van der Waals surface area contributed by atoms with Crippen LogP contribution < -0.4 is 5.73 Å². The van der Waals surface area contributed by atoms with Crippen LogP contribution in [0.1, 0.15) is 25.1 Å². The SMILES string of the molecule is CC(C)C(N)CCN(C)S(=O)(=O)c1ccc(C#N)s1. The first kappa shape index (κ1) is 16.1. The molecule has 0 saturated heterocycles. The minimum Gasteiger partial charge on any atom is -0.327 e. The van der Waals surface area contributed by atoms with Crippen LogP contribution in [0.5, 0.6) is 0 Å². The Labute approximate surface area is 118 Å². The van der Waals surface area contributed by atoms with E-state index in [1.165, 1.54) is 23.5 Å². The van der Waals surface area contributed by atoms with Gasteiger partial charge in [-0.15, -0.1) is 11.3 Å². The monoisotopic (exact) mass is 301 g/mol. The number of hydrogen-bond donors (Lipinski definition) is 1. The van der Waals surface area contributed by atoms with E-state index in [-0.39, 0.29) is 10.3 Å². The number of hydrogen-bond acceptors (Lipinski definition) is 5. The lowest BCUT2D eigenvalue weighted by atomic mass is 10.0. The smallest absolute Gasteiger partial charge is 0.252 e. The third-order valence-electron chi connectivity index (χ3n) is 2.99. The van der Waals surface area contributed by atoms with Crippen LogP contribution in [-0.2, 0) is 10.0 Å². The van der Waals surface area contributed by atoms with E-state index in [9.17, 15) is 8.42 Å². The molecule has 106 valence electrons.